The van der Waals surface area contributed by atoms with Gasteiger partial charge in [-0.1, -0.05) is 48.5 Å². The zero-order chi connectivity index (χ0) is 23.6. The second kappa shape index (κ2) is 9.23. The number of nitrogens with one attached hydrogen (secondary N) is 2. The zero-order valence-electron chi connectivity index (χ0n) is 18.4. The van der Waals surface area contributed by atoms with E-state index in [4.69, 9.17) is 14.9 Å². The molecule has 2 aromatic carbocycles. The van der Waals surface area contributed by atoms with Gasteiger partial charge < -0.3 is 25.6 Å². The van der Waals surface area contributed by atoms with Crippen LogP contribution in [-0.4, -0.2) is 53.0 Å². The van der Waals surface area contributed by atoms with Gasteiger partial charge in [0.1, 0.15) is 12.6 Å². The third kappa shape index (κ3) is 4.85. The quantitative estimate of drug-likeness (QED) is 0.464. The molecule has 0 bridgehead atoms. The van der Waals surface area contributed by atoms with Crippen LogP contribution in [0.3, 0.4) is 0 Å². The molecule has 0 saturated heterocycles. The van der Waals surface area contributed by atoms with Crippen LogP contribution in [0.4, 0.5) is 4.79 Å². The average molecular weight is 453 g/mol. The number of aliphatic carboxylic acids is 1. The molecular formula is C25H28N2O6. The minimum Gasteiger partial charge on any atom is -0.480 e. The van der Waals surface area contributed by atoms with Gasteiger partial charge in [0.15, 0.2) is 0 Å². The van der Waals surface area contributed by atoms with Crippen molar-refractivity contribution in [2.45, 2.75) is 43.7 Å². The molecule has 33 heavy (non-hydrogen) atoms. The average Bonchev–Trinajstić information content (AvgIpc) is 3.60. The topological polar surface area (TPSA) is 125 Å². The van der Waals surface area contributed by atoms with Crippen LogP contribution in [0.15, 0.2) is 48.5 Å². The Bertz CT molecular complexity index is 1020. The zero-order valence-corrected chi connectivity index (χ0v) is 18.4. The molecule has 8 nitrogen and oxygen atoms in total. The molecule has 174 valence electrons. The van der Waals surface area contributed by atoms with Crippen molar-refractivity contribution in [1.29, 1.82) is 0 Å². The lowest BCUT2D eigenvalue weighted by molar-refractivity contribution is -0.143. The second-order valence-electron chi connectivity index (χ2n) is 8.96. The summed E-state index contributed by atoms with van der Waals surface area (Å²) >= 11 is 0. The van der Waals surface area contributed by atoms with E-state index in [0.717, 1.165) is 35.1 Å². The fraction of sp³-hybridized carbons (Fsp3) is 0.400. The normalized spacial score (nSPS) is 17.3. The van der Waals surface area contributed by atoms with E-state index in [1.54, 1.807) is 6.92 Å². The number of carbonyl (C=O) groups is 3. The third-order valence-corrected chi connectivity index (χ3v) is 6.55. The van der Waals surface area contributed by atoms with Gasteiger partial charge in [-0.15, -0.1) is 0 Å². The monoisotopic (exact) mass is 452 g/mol. The number of ether oxygens (including phenoxy) is 1. The molecule has 1 saturated carbocycles. The lowest BCUT2D eigenvalue weighted by Crippen LogP contribution is -2.53. The van der Waals surface area contributed by atoms with Gasteiger partial charge >= 0.3 is 12.1 Å². The number of fused-ring (bicyclic) bond motifs is 3. The predicted molar refractivity (Wildman–Crippen MR) is 121 cm³/mol. The fourth-order valence-electron chi connectivity index (χ4n) is 4.64. The Kier molecular flexibility index (Phi) is 6.37. The van der Waals surface area contributed by atoms with E-state index >= 15 is 0 Å². The van der Waals surface area contributed by atoms with Crippen molar-refractivity contribution in [2.24, 2.45) is 5.92 Å². The van der Waals surface area contributed by atoms with Crippen LogP contribution in [0.5, 0.6) is 0 Å². The molecule has 4 N–H and O–H groups in total. The predicted octanol–water partition coefficient (Wildman–Crippen LogP) is 2.65. The molecule has 2 amide bonds. The number of carboxylic acid groups (broad SMARTS) is 1. The minimum absolute atomic E-state index is 0.0699. The summed E-state index contributed by atoms with van der Waals surface area (Å²) < 4.78 is 5.62. The lowest BCUT2D eigenvalue weighted by Gasteiger charge is -2.30. The minimum atomic E-state index is -1.38. The van der Waals surface area contributed by atoms with Gasteiger partial charge in [-0.05, 0) is 47.9 Å². The smallest absolute Gasteiger partial charge is 0.407 e. The second-order valence-corrected chi connectivity index (χ2v) is 8.96. The fourth-order valence-corrected chi connectivity index (χ4v) is 4.64. The Labute approximate surface area is 192 Å². The van der Waals surface area contributed by atoms with Crippen LogP contribution in [0.2, 0.25) is 0 Å². The van der Waals surface area contributed by atoms with Gasteiger partial charge in [0, 0.05) is 12.3 Å². The molecule has 2 aliphatic rings. The third-order valence-electron chi connectivity index (χ3n) is 6.55. The highest BCUT2D eigenvalue weighted by Crippen LogP contribution is 2.45. The first-order chi connectivity index (χ1) is 15.8. The summed E-state index contributed by atoms with van der Waals surface area (Å²) in [5, 5.41) is 23.3. The summed E-state index contributed by atoms with van der Waals surface area (Å²) in [6, 6.07) is 14.7. The highest BCUT2D eigenvalue weighted by Gasteiger charge is 2.45. The van der Waals surface area contributed by atoms with Gasteiger partial charge in [-0.25, -0.2) is 9.59 Å². The van der Waals surface area contributed by atoms with E-state index in [2.05, 4.69) is 22.8 Å². The van der Waals surface area contributed by atoms with Gasteiger partial charge in [0.2, 0.25) is 5.91 Å². The maximum absolute atomic E-state index is 12.7. The van der Waals surface area contributed by atoms with Crippen molar-refractivity contribution in [3.8, 4) is 11.1 Å². The summed E-state index contributed by atoms with van der Waals surface area (Å²) in [7, 11) is 0. The van der Waals surface area contributed by atoms with E-state index < -0.39 is 36.2 Å². The van der Waals surface area contributed by atoms with Crippen molar-refractivity contribution in [2.75, 3.05) is 13.2 Å². The van der Waals surface area contributed by atoms with Crippen molar-refractivity contribution < 1.29 is 29.3 Å². The van der Waals surface area contributed by atoms with Crippen LogP contribution >= 0.6 is 0 Å². The first-order valence-corrected chi connectivity index (χ1v) is 11.1. The van der Waals surface area contributed by atoms with Crippen LogP contribution in [0.25, 0.3) is 11.1 Å². The summed E-state index contributed by atoms with van der Waals surface area (Å²) in [4.78, 5) is 36.2. The Hall–Kier alpha value is -3.39. The number of carboxylic acids is 1. The van der Waals surface area contributed by atoms with E-state index in [1.807, 2.05) is 36.4 Å². The molecule has 0 aromatic heterocycles. The van der Waals surface area contributed by atoms with E-state index in [9.17, 15) is 14.4 Å². The molecular weight excluding hydrogens is 424 g/mol. The first kappa shape index (κ1) is 22.8. The molecule has 2 aliphatic carbocycles. The Morgan fingerprint density at radius 1 is 1.06 bits per heavy atom. The SMILES string of the molecule is CC(CC(=O)N[C@H](CO)C(=O)O)(NC(=O)OCC1c2ccccc2-c2ccccc21)C1CC1. The van der Waals surface area contributed by atoms with Gasteiger partial charge in [-0.3, -0.25) is 4.79 Å². The van der Waals surface area contributed by atoms with Gasteiger partial charge in [0.05, 0.1) is 12.1 Å². The molecule has 1 fully saturated rings. The van der Waals surface area contributed by atoms with Crippen LogP contribution < -0.4 is 10.6 Å². The maximum Gasteiger partial charge on any atom is 0.407 e. The molecule has 2 atom stereocenters. The number of rotatable bonds is 9. The first-order valence-electron chi connectivity index (χ1n) is 11.1. The molecule has 0 heterocycles. The molecule has 2 aromatic rings. The number of hydrogen-bond acceptors (Lipinski definition) is 5. The molecule has 0 spiro atoms. The van der Waals surface area contributed by atoms with E-state index in [0.29, 0.717) is 0 Å². The summed E-state index contributed by atoms with van der Waals surface area (Å²) in [6.45, 7) is 1.22. The number of benzene rings is 2. The van der Waals surface area contributed by atoms with Gasteiger partial charge in [-0.2, -0.15) is 0 Å². The van der Waals surface area contributed by atoms with Crippen molar-refractivity contribution in [3.63, 3.8) is 0 Å². The summed E-state index contributed by atoms with van der Waals surface area (Å²) in [5.41, 5.74) is 3.63. The Morgan fingerprint density at radius 2 is 1.64 bits per heavy atom. The van der Waals surface area contributed by atoms with Crippen LogP contribution in [0.1, 0.15) is 43.2 Å². The van der Waals surface area contributed by atoms with Crippen molar-refractivity contribution in [3.05, 3.63) is 59.7 Å². The number of carbonyl (C=O) groups excluding carboxylic acids is 2. The Balaban J connectivity index is 1.40. The number of hydrogen-bond donors (Lipinski definition) is 4. The van der Waals surface area contributed by atoms with Gasteiger partial charge in [0.25, 0.3) is 0 Å². The number of aliphatic hydroxyl groups excluding tert-OH is 1. The van der Waals surface area contributed by atoms with E-state index in [-0.39, 0.29) is 24.9 Å². The van der Waals surface area contributed by atoms with Crippen LogP contribution in [-0.2, 0) is 14.3 Å². The largest absolute Gasteiger partial charge is 0.480 e. The number of aliphatic hydroxyl groups is 1. The number of amides is 2. The van der Waals surface area contributed by atoms with E-state index in [1.165, 1.54) is 0 Å². The maximum atomic E-state index is 12.7. The molecule has 0 radical (unpaired) electrons. The molecule has 8 heteroatoms. The highest BCUT2D eigenvalue weighted by molar-refractivity contribution is 5.85. The molecule has 0 aliphatic heterocycles. The summed E-state index contributed by atoms with van der Waals surface area (Å²) in [6.07, 6.45) is 0.994. The highest BCUT2D eigenvalue weighted by atomic mass is 16.5. The number of alkyl carbamates (subject to hydrolysis) is 1. The Morgan fingerprint density at radius 3 is 2.15 bits per heavy atom. The summed E-state index contributed by atoms with van der Waals surface area (Å²) in [5.74, 6) is -1.84. The van der Waals surface area contributed by atoms with Crippen LogP contribution in [0, 0.1) is 5.92 Å². The van der Waals surface area contributed by atoms with Crippen molar-refractivity contribution >= 4 is 18.0 Å². The molecule has 1 unspecified atom stereocenters. The lowest BCUT2D eigenvalue weighted by atomic mass is 9.91. The van der Waals surface area contributed by atoms with Crippen molar-refractivity contribution in [1.82, 2.24) is 10.6 Å². The molecule has 4 rings (SSSR count). The standard InChI is InChI=1S/C25H28N2O6/c1-25(15-10-11-15,12-22(29)26-21(13-28)23(30)31)27-24(32)33-14-20-18-8-4-2-6-16(18)17-7-3-5-9-19(17)20/h2-9,15,20-21,28H,10-14H2,1H3,(H,26,29)(H,27,32)(H,30,31)/t21-,25?/m1/s1.